The highest BCUT2D eigenvalue weighted by Crippen LogP contribution is 2.09. The van der Waals surface area contributed by atoms with Crippen molar-refractivity contribution in [2.45, 2.75) is 63.7 Å². The summed E-state index contributed by atoms with van der Waals surface area (Å²) in [7, 11) is 0. The molecule has 0 fully saturated rings. The maximum Gasteiger partial charge on any atom is 0.326 e. The van der Waals surface area contributed by atoms with Crippen LogP contribution < -0.4 is 33.2 Å². The lowest BCUT2D eigenvalue weighted by Crippen LogP contribution is -2.58. The van der Waals surface area contributed by atoms with Crippen molar-refractivity contribution in [1.29, 1.82) is 0 Å². The van der Waals surface area contributed by atoms with E-state index >= 15 is 0 Å². The lowest BCUT2D eigenvalue weighted by atomic mass is 9.99. The molecule has 13 heteroatoms. The molecule has 1 aromatic rings. The summed E-state index contributed by atoms with van der Waals surface area (Å²) in [6.45, 7) is 3.74. The molecule has 206 valence electrons. The monoisotopic (exact) mass is 537 g/mol. The van der Waals surface area contributed by atoms with Crippen molar-refractivity contribution in [3.63, 3.8) is 0 Å². The number of nitrogens with two attached hydrogens (primary N) is 3. The van der Waals surface area contributed by atoms with E-state index in [9.17, 15) is 24.3 Å². The maximum absolute atomic E-state index is 13.1. The molecule has 0 heterocycles. The molecule has 1 rings (SSSR count). The number of aliphatic imine (C=N–C) groups is 1. The van der Waals surface area contributed by atoms with Crippen LogP contribution in [-0.2, 0) is 25.6 Å². The van der Waals surface area contributed by atoms with Crippen molar-refractivity contribution in [3.05, 3.63) is 35.9 Å². The lowest BCUT2D eigenvalue weighted by Gasteiger charge is -2.26. The molecule has 1 aromatic carbocycles. The van der Waals surface area contributed by atoms with Crippen molar-refractivity contribution < 1.29 is 24.3 Å². The molecule has 37 heavy (non-hydrogen) atoms. The number of rotatable bonds is 16. The quantitative estimate of drug-likeness (QED) is 0.0572. The van der Waals surface area contributed by atoms with E-state index in [2.05, 4.69) is 33.6 Å². The number of aliphatic carboxylic acids is 1. The third-order valence-corrected chi connectivity index (χ3v) is 6.17. The number of carboxylic acids is 1. The van der Waals surface area contributed by atoms with Gasteiger partial charge >= 0.3 is 5.97 Å². The Hall–Kier alpha value is -3.32. The molecule has 0 aromatic heterocycles. The predicted octanol–water partition coefficient (Wildman–Crippen LogP) is -0.875. The number of nitrogens with zero attached hydrogens (tertiary/aromatic N) is 1. The van der Waals surface area contributed by atoms with Gasteiger partial charge in [0.2, 0.25) is 17.7 Å². The van der Waals surface area contributed by atoms with Crippen molar-refractivity contribution >= 4 is 42.3 Å². The van der Waals surface area contributed by atoms with E-state index < -0.39 is 47.9 Å². The minimum absolute atomic E-state index is 0.0907. The third-order valence-electron chi connectivity index (χ3n) is 5.81. The molecule has 3 amide bonds. The number of amides is 3. The van der Waals surface area contributed by atoms with Gasteiger partial charge in [0.25, 0.3) is 0 Å². The van der Waals surface area contributed by atoms with E-state index in [1.165, 1.54) is 0 Å². The zero-order valence-corrected chi connectivity index (χ0v) is 22.1. The van der Waals surface area contributed by atoms with Crippen LogP contribution in [0.2, 0.25) is 0 Å². The number of carboxylic acid groups (broad SMARTS) is 1. The number of nitrogens with one attached hydrogen (secondary N) is 3. The van der Waals surface area contributed by atoms with Crippen LogP contribution in [0.3, 0.4) is 0 Å². The molecular weight excluding hydrogens is 498 g/mol. The Kier molecular flexibility index (Phi) is 14.1. The first kappa shape index (κ1) is 31.7. The van der Waals surface area contributed by atoms with Crippen LogP contribution in [-0.4, -0.2) is 71.2 Å². The lowest BCUT2D eigenvalue weighted by molar-refractivity contribution is -0.143. The van der Waals surface area contributed by atoms with E-state index in [4.69, 9.17) is 17.2 Å². The fourth-order valence-electron chi connectivity index (χ4n) is 3.42. The molecule has 0 aliphatic carbocycles. The number of carbonyl (C=O) groups is 4. The van der Waals surface area contributed by atoms with Crippen molar-refractivity contribution in [2.24, 2.45) is 28.1 Å². The van der Waals surface area contributed by atoms with E-state index in [-0.39, 0.29) is 37.0 Å². The van der Waals surface area contributed by atoms with Crippen LogP contribution in [0.5, 0.6) is 0 Å². The Morgan fingerprint density at radius 1 is 1.00 bits per heavy atom. The number of thiol groups is 1. The molecule has 10 N–H and O–H groups in total. The Morgan fingerprint density at radius 2 is 1.59 bits per heavy atom. The summed E-state index contributed by atoms with van der Waals surface area (Å²) in [5.74, 6) is -3.57. The van der Waals surface area contributed by atoms with Crippen molar-refractivity contribution in [2.75, 3.05) is 12.3 Å². The summed E-state index contributed by atoms with van der Waals surface area (Å²) in [4.78, 5) is 54.1. The van der Waals surface area contributed by atoms with Crippen molar-refractivity contribution in [3.8, 4) is 0 Å². The standard InChI is InChI=1S/C24H39N7O5S/c1-3-14(2)19(23(35)36)31-22(34)18(13-37)30-21(33)17(10-7-11-28-24(26)27)29-20(32)16(25)12-15-8-5-4-6-9-15/h4-6,8-9,14,16-19,37H,3,7,10-13,25H2,1-2H3,(H,29,32)(H,30,33)(H,31,34)(H,35,36)(H4,26,27,28). The summed E-state index contributed by atoms with van der Waals surface area (Å²) in [6.07, 6.45) is 1.32. The zero-order chi connectivity index (χ0) is 28.0. The van der Waals surface area contributed by atoms with Gasteiger partial charge in [-0.25, -0.2) is 4.79 Å². The topological polar surface area (TPSA) is 215 Å². The van der Waals surface area contributed by atoms with Crippen LogP contribution >= 0.6 is 12.6 Å². The molecule has 5 unspecified atom stereocenters. The van der Waals surface area contributed by atoms with Gasteiger partial charge in [0.05, 0.1) is 6.04 Å². The first-order valence-electron chi connectivity index (χ1n) is 12.1. The van der Waals surface area contributed by atoms with Crippen LogP contribution in [0.25, 0.3) is 0 Å². The zero-order valence-electron chi connectivity index (χ0n) is 21.2. The van der Waals surface area contributed by atoms with Gasteiger partial charge in [-0.3, -0.25) is 19.4 Å². The molecule has 0 radical (unpaired) electrons. The van der Waals surface area contributed by atoms with E-state index in [0.717, 1.165) is 5.56 Å². The second-order valence-electron chi connectivity index (χ2n) is 8.76. The van der Waals surface area contributed by atoms with Crippen LogP contribution in [0.15, 0.2) is 35.3 Å². The second-order valence-corrected chi connectivity index (χ2v) is 9.13. The molecule has 12 nitrogen and oxygen atoms in total. The Morgan fingerprint density at radius 3 is 2.14 bits per heavy atom. The number of hydrogen-bond acceptors (Lipinski definition) is 7. The smallest absolute Gasteiger partial charge is 0.326 e. The van der Waals surface area contributed by atoms with Gasteiger partial charge in [-0.1, -0.05) is 50.6 Å². The minimum Gasteiger partial charge on any atom is -0.480 e. The van der Waals surface area contributed by atoms with Gasteiger partial charge in [-0.15, -0.1) is 0 Å². The Labute approximate surface area is 222 Å². The van der Waals surface area contributed by atoms with Crippen LogP contribution in [0.4, 0.5) is 0 Å². The normalized spacial score (nSPS) is 14.8. The molecule has 0 bridgehead atoms. The predicted molar refractivity (Wildman–Crippen MR) is 145 cm³/mol. The van der Waals surface area contributed by atoms with Crippen LogP contribution in [0.1, 0.15) is 38.7 Å². The van der Waals surface area contributed by atoms with E-state index in [1.807, 2.05) is 37.3 Å². The van der Waals surface area contributed by atoms with Gasteiger partial charge in [0.1, 0.15) is 18.1 Å². The summed E-state index contributed by atoms with van der Waals surface area (Å²) in [5.41, 5.74) is 17.6. The van der Waals surface area contributed by atoms with Crippen LogP contribution in [0, 0.1) is 5.92 Å². The summed E-state index contributed by atoms with van der Waals surface area (Å²) in [6, 6.07) is 4.99. The second kappa shape index (κ2) is 16.4. The van der Waals surface area contributed by atoms with Gasteiger partial charge < -0.3 is 38.3 Å². The van der Waals surface area contributed by atoms with Gasteiger partial charge in [0, 0.05) is 12.3 Å². The van der Waals surface area contributed by atoms with Gasteiger partial charge in [-0.2, -0.15) is 12.6 Å². The van der Waals surface area contributed by atoms with Crippen molar-refractivity contribution in [1.82, 2.24) is 16.0 Å². The molecular formula is C24H39N7O5S. The number of hydrogen-bond donors (Lipinski definition) is 8. The number of guanidine groups is 1. The van der Waals surface area contributed by atoms with E-state index in [1.54, 1.807) is 6.92 Å². The highest BCUT2D eigenvalue weighted by molar-refractivity contribution is 7.80. The highest BCUT2D eigenvalue weighted by Gasteiger charge is 2.31. The summed E-state index contributed by atoms with van der Waals surface area (Å²) < 4.78 is 0. The SMILES string of the molecule is CCC(C)C(NC(=O)C(CS)NC(=O)C(CCCN=C(N)N)NC(=O)C(N)Cc1ccccc1)C(=O)O. The number of carbonyl (C=O) groups excluding carboxylic acids is 3. The molecule has 0 saturated carbocycles. The molecule has 5 atom stereocenters. The average Bonchev–Trinajstić information content (AvgIpc) is 2.86. The number of benzene rings is 1. The molecule has 0 aliphatic heterocycles. The summed E-state index contributed by atoms with van der Waals surface area (Å²) >= 11 is 4.14. The summed E-state index contributed by atoms with van der Waals surface area (Å²) in [5, 5.41) is 17.1. The van der Waals surface area contributed by atoms with Gasteiger partial charge in [0.15, 0.2) is 5.96 Å². The Balaban J connectivity index is 2.93. The average molecular weight is 538 g/mol. The highest BCUT2D eigenvalue weighted by atomic mass is 32.1. The fraction of sp³-hybridized carbons (Fsp3) is 0.542. The minimum atomic E-state index is -1.18. The third kappa shape index (κ3) is 11.5. The molecule has 0 saturated heterocycles. The Bertz CT molecular complexity index is 927. The maximum atomic E-state index is 13.1. The van der Waals surface area contributed by atoms with E-state index in [0.29, 0.717) is 12.8 Å². The largest absolute Gasteiger partial charge is 0.480 e. The first-order valence-corrected chi connectivity index (χ1v) is 12.7. The molecule has 0 spiro atoms. The van der Waals surface area contributed by atoms with Gasteiger partial charge in [-0.05, 0) is 30.7 Å². The first-order chi connectivity index (χ1) is 17.5. The molecule has 0 aliphatic rings. The fourth-order valence-corrected chi connectivity index (χ4v) is 3.67.